The van der Waals surface area contributed by atoms with Gasteiger partial charge in [0, 0.05) is 37.6 Å². The van der Waals surface area contributed by atoms with Crippen LogP contribution in [0.25, 0.3) is 0 Å². The standard InChI is InChI=1S/C15H27N3O2S/c1-5-17-11-15(8-14(17)9-16-4)21(19,20)18(10-12(2)3)13-6-7-13/h8,11-13,16H,5-7,9-10H2,1-4H3. The van der Waals surface area contributed by atoms with Crippen molar-refractivity contribution in [1.82, 2.24) is 14.2 Å². The number of sulfonamides is 1. The molecule has 1 heterocycles. The number of hydrogen-bond donors (Lipinski definition) is 1. The summed E-state index contributed by atoms with van der Waals surface area (Å²) in [5.74, 6) is 0.338. The zero-order valence-corrected chi connectivity index (χ0v) is 14.3. The quantitative estimate of drug-likeness (QED) is 0.799. The van der Waals surface area contributed by atoms with Crippen molar-refractivity contribution >= 4 is 10.0 Å². The van der Waals surface area contributed by atoms with Crippen molar-refractivity contribution in [2.75, 3.05) is 13.6 Å². The smallest absolute Gasteiger partial charge is 0.244 e. The van der Waals surface area contributed by atoms with Crippen LogP contribution in [0, 0.1) is 5.92 Å². The molecule has 1 aromatic rings. The van der Waals surface area contributed by atoms with Crippen LogP contribution < -0.4 is 5.32 Å². The lowest BCUT2D eigenvalue weighted by atomic mass is 10.2. The first-order valence-electron chi connectivity index (χ1n) is 7.75. The second-order valence-electron chi connectivity index (χ2n) is 6.18. The molecule has 0 aliphatic heterocycles. The molecule has 21 heavy (non-hydrogen) atoms. The topological polar surface area (TPSA) is 54.3 Å². The van der Waals surface area contributed by atoms with Gasteiger partial charge in [-0.3, -0.25) is 0 Å². The van der Waals surface area contributed by atoms with E-state index in [1.807, 2.05) is 24.6 Å². The van der Waals surface area contributed by atoms with Crippen LogP contribution in [-0.2, 0) is 23.1 Å². The van der Waals surface area contributed by atoms with Gasteiger partial charge in [0.15, 0.2) is 0 Å². The number of hydrogen-bond acceptors (Lipinski definition) is 3. The Balaban J connectivity index is 2.33. The molecule has 1 N–H and O–H groups in total. The molecule has 0 aromatic carbocycles. The molecular weight excluding hydrogens is 286 g/mol. The van der Waals surface area contributed by atoms with Gasteiger partial charge in [0.05, 0.1) is 0 Å². The first-order valence-corrected chi connectivity index (χ1v) is 9.19. The van der Waals surface area contributed by atoms with Gasteiger partial charge in [-0.05, 0) is 38.8 Å². The molecule has 1 aromatic heterocycles. The largest absolute Gasteiger partial charge is 0.349 e. The van der Waals surface area contributed by atoms with E-state index >= 15 is 0 Å². The van der Waals surface area contributed by atoms with E-state index < -0.39 is 10.0 Å². The summed E-state index contributed by atoms with van der Waals surface area (Å²) in [7, 11) is -1.51. The molecule has 120 valence electrons. The summed E-state index contributed by atoms with van der Waals surface area (Å²) >= 11 is 0. The average Bonchev–Trinajstić information content (AvgIpc) is 3.16. The van der Waals surface area contributed by atoms with E-state index in [0.29, 0.717) is 23.9 Å². The fourth-order valence-electron chi connectivity index (χ4n) is 2.59. The van der Waals surface area contributed by atoms with Crippen LogP contribution >= 0.6 is 0 Å². The van der Waals surface area contributed by atoms with Gasteiger partial charge in [0.2, 0.25) is 10.0 Å². The normalized spacial score (nSPS) is 16.1. The molecule has 1 saturated carbocycles. The second kappa shape index (κ2) is 6.50. The maximum absolute atomic E-state index is 12.9. The van der Waals surface area contributed by atoms with E-state index in [9.17, 15) is 8.42 Å². The molecule has 0 amide bonds. The predicted octanol–water partition coefficient (Wildman–Crippen LogP) is 2.04. The Morgan fingerprint density at radius 2 is 2.10 bits per heavy atom. The summed E-state index contributed by atoms with van der Waals surface area (Å²) in [5, 5.41) is 3.09. The van der Waals surface area contributed by atoms with E-state index in [1.165, 1.54) is 0 Å². The summed E-state index contributed by atoms with van der Waals surface area (Å²) in [4.78, 5) is 0.433. The van der Waals surface area contributed by atoms with Crippen LogP contribution in [0.15, 0.2) is 17.2 Å². The van der Waals surface area contributed by atoms with Gasteiger partial charge in [-0.1, -0.05) is 13.8 Å². The summed E-state index contributed by atoms with van der Waals surface area (Å²) in [6, 6.07) is 2.01. The highest BCUT2D eigenvalue weighted by atomic mass is 32.2. The van der Waals surface area contributed by atoms with Gasteiger partial charge in [-0.25, -0.2) is 8.42 Å². The Morgan fingerprint density at radius 1 is 1.43 bits per heavy atom. The molecule has 0 spiro atoms. The minimum Gasteiger partial charge on any atom is -0.349 e. The van der Waals surface area contributed by atoms with Crippen LogP contribution in [0.1, 0.15) is 39.3 Å². The lowest BCUT2D eigenvalue weighted by Gasteiger charge is -2.23. The third kappa shape index (κ3) is 3.67. The second-order valence-corrected chi connectivity index (χ2v) is 8.07. The summed E-state index contributed by atoms with van der Waals surface area (Å²) in [5.41, 5.74) is 1.01. The minimum atomic E-state index is -3.38. The Labute approximate surface area is 128 Å². The monoisotopic (exact) mass is 313 g/mol. The molecule has 0 radical (unpaired) electrons. The fraction of sp³-hybridized carbons (Fsp3) is 0.733. The van der Waals surface area contributed by atoms with Crippen molar-refractivity contribution in [1.29, 1.82) is 0 Å². The van der Waals surface area contributed by atoms with Gasteiger partial charge in [0.25, 0.3) is 0 Å². The Kier molecular flexibility index (Phi) is 5.11. The lowest BCUT2D eigenvalue weighted by Crippen LogP contribution is -2.36. The van der Waals surface area contributed by atoms with Crippen molar-refractivity contribution < 1.29 is 8.42 Å². The molecular formula is C15H27N3O2S. The number of aromatic nitrogens is 1. The van der Waals surface area contributed by atoms with E-state index in [0.717, 1.165) is 25.1 Å². The molecule has 6 heteroatoms. The Hall–Kier alpha value is -0.850. The summed E-state index contributed by atoms with van der Waals surface area (Å²) in [6.07, 6.45) is 3.76. The van der Waals surface area contributed by atoms with Gasteiger partial charge in [-0.2, -0.15) is 4.31 Å². The van der Waals surface area contributed by atoms with Crippen LogP contribution in [0.2, 0.25) is 0 Å². The lowest BCUT2D eigenvalue weighted by molar-refractivity contribution is 0.360. The van der Waals surface area contributed by atoms with Gasteiger partial charge < -0.3 is 9.88 Å². The van der Waals surface area contributed by atoms with Gasteiger partial charge in [-0.15, -0.1) is 0 Å². The molecule has 1 aliphatic rings. The van der Waals surface area contributed by atoms with E-state index in [-0.39, 0.29) is 6.04 Å². The molecule has 2 rings (SSSR count). The average molecular weight is 313 g/mol. The molecule has 1 aliphatic carbocycles. The van der Waals surface area contributed by atoms with Gasteiger partial charge in [0.1, 0.15) is 4.90 Å². The maximum Gasteiger partial charge on any atom is 0.244 e. The minimum absolute atomic E-state index is 0.204. The molecule has 1 fully saturated rings. The van der Waals surface area contributed by atoms with E-state index in [2.05, 4.69) is 19.2 Å². The van der Waals surface area contributed by atoms with Crippen LogP contribution in [0.4, 0.5) is 0 Å². The van der Waals surface area contributed by atoms with Crippen LogP contribution in [-0.4, -0.2) is 36.9 Å². The highest BCUT2D eigenvalue weighted by Crippen LogP contribution is 2.33. The first-order chi connectivity index (χ1) is 9.90. The van der Waals surface area contributed by atoms with Crippen LogP contribution in [0.3, 0.4) is 0 Å². The molecule has 0 atom stereocenters. The SMILES string of the molecule is CCn1cc(S(=O)(=O)N(CC(C)C)C2CC2)cc1CNC. The number of nitrogens with one attached hydrogen (secondary N) is 1. The maximum atomic E-state index is 12.9. The van der Waals surface area contributed by atoms with Crippen LogP contribution in [0.5, 0.6) is 0 Å². The third-order valence-corrected chi connectivity index (χ3v) is 5.65. The van der Waals surface area contributed by atoms with Crippen molar-refractivity contribution in [2.24, 2.45) is 5.92 Å². The van der Waals surface area contributed by atoms with E-state index in [4.69, 9.17) is 0 Å². The van der Waals surface area contributed by atoms with E-state index in [1.54, 1.807) is 10.5 Å². The summed E-state index contributed by atoms with van der Waals surface area (Å²) in [6.45, 7) is 8.22. The number of aryl methyl sites for hydroxylation is 1. The third-order valence-electron chi connectivity index (χ3n) is 3.77. The summed E-state index contributed by atoms with van der Waals surface area (Å²) < 4.78 is 29.6. The molecule has 0 bridgehead atoms. The van der Waals surface area contributed by atoms with Crippen molar-refractivity contribution in [3.05, 3.63) is 18.0 Å². The number of rotatable bonds is 8. The van der Waals surface area contributed by atoms with Crippen molar-refractivity contribution in [3.63, 3.8) is 0 Å². The molecule has 0 saturated heterocycles. The highest BCUT2D eigenvalue weighted by Gasteiger charge is 2.38. The zero-order valence-electron chi connectivity index (χ0n) is 13.5. The molecule has 5 nitrogen and oxygen atoms in total. The van der Waals surface area contributed by atoms with Crippen molar-refractivity contribution in [2.45, 2.75) is 57.6 Å². The van der Waals surface area contributed by atoms with Gasteiger partial charge >= 0.3 is 0 Å². The Morgan fingerprint density at radius 3 is 2.57 bits per heavy atom. The Bertz CT molecular complexity index is 574. The zero-order chi connectivity index (χ0) is 15.6. The number of nitrogens with zero attached hydrogens (tertiary/aromatic N) is 2. The molecule has 0 unspecified atom stereocenters. The van der Waals surface area contributed by atoms with Crippen molar-refractivity contribution in [3.8, 4) is 0 Å². The fourth-order valence-corrected chi connectivity index (χ4v) is 4.51. The highest BCUT2D eigenvalue weighted by molar-refractivity contribution is 7.89. The predicted molar refractivity (Wildman–Crippen MR) is 84.6 cm³/mol. The first kappa shape index (κ1) is 16.5.